The lowest BCUT2D eigenvalue weighted by atomic mass is 10.2. The Morgan fingerprint density at radius 2 is 2.04 bits per heavy atom. The number of carbonyl (C=O) groups excluding carboxylic acids is 1. The minimum absolute atomic E-state index is 0.0653. The summed E-state index contributed by atoms with van der Waals surface area (Å²) >= 11 is 4.84. The molecule has 3 aromatic heterocycles. The zero-order valence-corrected chi connectivity index (χ0v) is 16.7. The van der Waals surface area contributed by atoms with Gasteiger partial charge in [-0.1, -0.05) is 17.4 Å². The van der Waals surface area contributed by atoms with E-state index in [9.17, 15) is 4.79 Å². The largest absolute Gasteiger partial charge is 0.349 e. The number of aromatic nitrogens is 1. The van der Waals surface area contributed by atoms with Gasteiger partial charge >= 0.3 is 0 Å². The summed E-state index contributed by atoms with van der Waals surface area (Å²) in [7, 11) is 1.87. The Kier molecular flexibility index (Phi) is 5.22. The molecular weight excluding hydrogens is 358 g/mol. The first-order valence-corrected chi connectivity index (χ1v) is 10.5. The Morgan fingerprint density at radius 3 is 2.62 bits per heavy atom. The summed E-state index contributed by atoms with van der Waals surface area (Å²) in [4.78, 5) is 24.5. The number of carbonyl (C=O) groups is 1. The predicted molar refractivity (Wildman–Crippen MR) is 106 cm³/mol. The van der Waals surface area contributed by atoms with Crippen LogP contribution >= 0.6 is 34.0 Å². The van der Waals surface area contributed by atoms with Crippen LogP contribution in [-0.4, -0.2) is 35.9 Å². The van der Waals surface area contributed by atoms with Gasteiger partial charge in [-0.05, 0) is 38.3 Å². The lowest BCUT2D eigenvalue weighted by molar-refractivity contribution is 0.0750. The molecule has 0 spiro atoms. The molecule has 1 unspecified atom stereocenters. The molecule has 0 fully saturated rings. The Hall–Kier alpha value is -1.44. The first-order valence-electron chi connectivity index (χ1n) is 8.01. The number of nitrogens with zero attached hydrogens (tertiary/aromatic N) is 3. The molecule has 1 amide bonds. The molecule has 0 saturated heterocycles. The van der Waals surface area contributed by atoms with Crippen molar-refractivity contribution in [3.63, 3.8) is 0 Å². The van der Waals surface area contributed by atoms with E-state index in [2.05, 4.69) is 31.7 Å². The van der Waals surface area contributed by atoms with E-state index >= 15 is 0 Å². The van der Waals surface area contributed by atoms with E-state index in [4.69, 9.17) is 4.98 Å². The van der Waals surface area contributed by atoms with Crippen molar-refractivity contribution >= 4 is 54.6 Å². The maximum Gasteiger partial charge on any atom is 0.264 e. The second-order valence-corrected chi connectivity index (χ2v) is 8.58. The highest BCUT2D eigenvalue weighted by Gasteiger charge is 2.22. The molecule has 0 N–H and O–H groups in total. The Labute approximate surface area is 154 Å². The molecule has 0 aromatic carbocycles. The molecule has 0 aliphatic rings. The van der Waals surface area contributed by atoms with E-state index in [1.807, 2.05) is 29.5 Å². The van der Waals surface area contributed by atoms with E-state index in [1.165, 1.54) is 16.2 Å². The molecule has 0 bridgehead atoms. The molecule has 3 aromatic rings. The molecular formula is C17H21N3OS3. The van der Waals surface area contributed by atoms with E-state index in [-0.39, 0.29) is 11.9 Å². The van der Waals surface area contributed by atoms with Crippen molar-refractivity contribution in [2.24, 2.45) is 0 Å². The lowest BCUT2D eigenvalue weighted by Gasteiger charge is -2.23. The van der Waals surface area contributed by atoms with Crippen LogP contribution in [0.1, 0.15) is 41.4 Å². The highest BCUT2D eigenvalue weighted by molar-refractivity contribution is 7.29. The SMILES string of the molecule is CCN(CC)c1nc2sc(C(=O)N(C)C(C)c3cccs3)cc2s1. The smallest absolute Gasteiger partial charge is 0.264 e. The molecule has 0 radical (unpaired) electrons. The van der Waals surface area contributed by atoms with Crippen LogP contribution in [-0.2, 0) is 0 Å². The van der Waals surface area contributed by atoms with Crippen molar-refractivity contribution < 1.29 is 4.79 Å². The number of hydrogen-bond acceptors (Lipinski definition) is 6. The van der Waals surface area contributed by atoms with E-state index in [0.717, 1.165) is 32.6 Å². The van der Waals surface area contributed by atoms with Crippen LogP contribution in [0, 0.1) is 0 Å². The standard InChI is InChI=1S/C17H21N3OS3/c1-5-20(6-2)17-18-15-13(24-17)10-14(23-15)16(21)19(4)11(3)12-8-7-9-22-12/h7-11H,5-6H2,1-4H3. The highest BCUT2D eigenvalue weighted by Crippen LogP contribution is 2.36. The van der Waals surface area contributed by atoms with Gasteiger partial charge in [0.2, 0.25) is 0 Å². The zero-order valence-electron chi connectivity index (χ0n) is 14.3. The Morgan fingerprint density at radius 1 is 1.29 bits per heavy atom. The van der Waals surface area contributed by atoms with Crippen LogP contribution in [0.2, 0.25) is 0 Å². The monoisotopic (exact) mass is 379 g/mol. The van der Waals surface area contributed by atoms with Crippen molar-refractivity contribution in [2.45, 2.75) is 26.8 Å². The number of thiophene rings is 2. The maximum absolute atomic E-state index is 12.8. The second kappa shape index (κ2) is 7.21. The van der Waals surface area contributed by atoms with Gasteiger partial charge in [-0.2, -0.15) is 0 Å². The minimum atomic E-state index is 0.0653. The summed E-state index contributed by atoms with van der Waals surface area (Å²) in [6, 6.07) is 6.17. The molecule has 128 valence electrons. The van der Waals surface area contributed by atoms with Gasteiger partial charge in [0.1, 0.15) is 4.83 Å². The molecule has 1 atom stereocenters. The van der Waals surface area contributed by atoms with E-state index < -0.39 is 0 Å². The molecule has 0 aliphatic carbocycles. The average Bonchev–Trinajstić information content (AvgIpc) is 3.29. The number of anilines is 1. The summed E-state index contributed by atoms with van der Waals surface area (Å²) < 4.78 is 1.10. The molecule has 0 saturated carbocycles. The van der Waals surface area contributed by atoms with Crippen LogP contribution in [0.25, 0.3) is 9.53 Å². The second-order valence-electron chi connectivity index (χ2n) is 5.56. The molecule has 7 heteroatoms. The number of amides is 1. The van der Waals surface area contributed by atoms with Crippen molar-refractivity contribution in [3.8, 4) is 0 Å². The fourth-order valence-electron chi connectivity index (χ4n) is 2.53. The summed E-state index contributed by atoms with van der Waals surface area (Å²) in [5.41, 5.74) is 0. The van der Waals surface area contributed by atoms with E-state index in [1.54, 1.807) is 22.7 Å². The summed E-state index contributed by atoms with van der Waals surface area (Å²) in [5.74, 6) is 0.0653. The lowest BCUT2D eigenvalue weighted by Crippen LogP contribution is -2.28. The van der Waals surface area contributed by atoms with Crippen LogP contribution in [0.4, 0.5) is 5.13 Å². The van der Waals surface area contributed by atoms with Gasteiger partial charge in [-0.15, -0.1) is 22.7 Å². The Balaban J connectivity index is 1.81. The highest BCUT2D eigenvalue weighted by atomic mass is 32.1. The van der Waals surface area contributed by atoms with E-state index in [0.29, 0.717) is 0 Å². The van der Waals surface area contributed by atoms with Crippen LogP contribution in [0.5, 0.6) is 0 Å². The maximum atomic E-state index is 12.8. The van der Waals surface area contributed by atoms with Crippen molar-refractivity contribution in [1.29, 1.82) is 0 Å². The fourth-order valence-corrected chi connectivity index (χ4v) is 5.68. The van der Waals surface area contributed by atoms with Gasteiger partial charge in [0.05, 0.1) is 15.6 Å². The number of thiazole rings is 1. The third-order valence-electron chi connectivity index (χ3n) is 4.18. The van der Waals surface area contributed by atoms with Gasteiger partial charge in [0, 0.05) is 25.0 Å². The number of fused-ring (bicyclic) bond motifs is 1. The number of rotatable bonds is 6. The van der Waals surface area contributed by atoms with Gasteiger partial charge < -0.3 is 9.80 Å². The Bertz CT molecular complexity index is 786. The van der Waals surface area contributed by atoms with Gasteiger partial charge in [-0.25, -0.2) is 4.98 Å². The van der Waals surface area contributed by atoms with Crippen LogP contribution in [0.3, 0.4) is 0 Å². The average molecular weight is 380 g/mol. The molecule has 0 aliphatic heterocycles. The fraction of sp³-hybridized carbons (Fsp3) is 0.412. The minimum Gasteiger partial charge on any atom is -0.349 e. The molecule has 3 rings (SSSR count). The summed E-state index contributed by atoms with van der Waals surface area (Å²) in [6.45, 7) is 8.23. The van der Waals surface area contributed by atoms with Gasteiger partial charge in [-0.3, -0.25) is 4.79 Å². The zero-order chi connectivity index (χ0) is 17.3. The van der Waals surface area contributed by atoms with Crippen molar-refractivity contribution in [3.05, 3.63) is 33.3 Å². The third kappa shape index (κ3) is 3.20. The number of hydrogen-bond donors (Lipinski definition) is 0. The van der Waals surface area contributed by atoms with Gasteiger partial charge in [0.25, 0.3) is 5.91 Å². The summed E-state index contributed by atoms with van der Waals surface area (Å²) in [6.07, 6.45) is 0. The third-order valence-corrected chi connectivity index (χ3v) is 7.43. The predicted octanol–water partition coefficient (Wildman–Crippen LogP) is 5.10. The van der Waals surface area contributed by atoms with Gasteiger partial charge in [0.15, 0.2) is 5.13 Å². The molecule has 4 nitrogen and oxygen atoms in total. The van der Waals surface area contributed by atoms with Crippen molar-refractivity contribution in [2.75, 3.05) is 25.0 Å². The first kappa shape index (κ1) is 17.4. The first-order chi connectivity index (χ1) is 11.5. The quantitative estimate of drug-likeness (QED) is 0.598. The van der Waals surface area contributed by atoms with Crippen LogP contribution < -0.4 is 4.90 Å². The topological polar surface area (TPSA) is 36.4 Å². The van der Waals surface area contributed by atoms with Crippen molar-refractivity contribution in [1.82, 2.24) is 9.88 Å². The normalized spacial score (nSPS) is 12.5. The molecule has 3 heterocycles. The summed E-state index contributed by atoms with van der Waals surface area (Å²) in [5, 5.41) is 3.09. The van der Waals surface area contributed by atoms with Crippen LogP contribution in [0.15, 0.2) is 23.6 Å². The molecule has 24 heavy (non-hydrogen) atoms.